The number of nitrogens with one attached hydrogen (secondary N) is 1. The van der Waals surface area contributed by atoms with Crippen molar-refractivity contribution in [2.24, 2.45) is 0 Å². The predicted molar refractivity (Wildman–Crippen MR) is 79.8 cm³/mol. The third-order valence-electron chi connectivity index (χ3n) is 3.89. The number of nitrogens with zero attached hydrogens (tertiary/aromatic N) is 3. The molecular formula is C14H18N4O2S. The molecule has 2 N–H and O–H groups in total. The van der Waals surface area contributed by atoms with Crippen molar-refractivity contribution in [3.05, 3.63) is 33.8 Å². The molecule has 6 nitrogen and oxygen atoms in total. The molecule has 0 aliphatic carbocycles. The van der Waals surface area contributed by atoms with E-state index in [1.165, 1.54) is 5.56 Å². The van der Waals surface area contributed by atoms with Crippen molar-refractivity contribution in [3.8, 4) is 0 Å². The molecule has 2 aromatic rings. The van der Waals surface area contributed by atoms with Crippen LogP contribution in [0.25, 0.3) is 0 Å². The van der Waals surface area contributed by atoms with E-state index >= 15 is 0 Å². The normalized spacial score (nSPS) is 16.2. The number of carboxylic acids is 1. The highest BCUT2D eigenvalue weighted by molar-refractivity contribution is 7.07. The fourth-order valence-electron chi connectivity index (χ4n) is 2.81. The molecule has 0 amide bonds. The third-order valence-corrected chi connectivity index (χ3v) is 4.63. The molecule has 112 valence electrons. The number of aromatic nitrogens is 3. The molecule has 3 rings (SSSR count). The summed E-state index contributed by atoms with van der Waals surface area (Å²) in [7, 11) is 0. The van der Waals surface area contributed by atoms with Gasteiger partial charge in [0.25, 0.3) is 0 Å². The van der Waals surface area contributed by atoms with E-state index in [0.717, 1.165) is 38.0 Å². The molecule has 1 aliphatic heterocycles. The van der Waals surface area contributed by atoms with Crippen LogP contribution in [-0.4, -0.2) is 39.2 Å². The molecule has 1 saturated heterocycles. The molecule has 0 spiro atoms. The Bertz CT molecular complexity index is 603. The first-order valence-electron chi connectivity index (χ1n) is 7.14. The zero-order valence-corrected chi connectivity index (χ0v) is 12.5. The van der Waals surface area contributed by atoms with Crippen LogP contribution < -0.4 is 5.32 Å². The number of hydrogen-bond donors (Lipinski definition) is 2. The lowest BCUT2D eigenvalue weighted by atomic mass is 9.93. The van der Waals surface area contributed by atoms with Crippen molar-refractivity contribution in [2.45, 2.75) is 31.7 Å². The summed E-state index contributed by atoms with van der Waals surface area (Å²) in [6.07, 6.45) is 2.72. The van der Waals surface area contributed by atoms with Crippen LogP contribution in [0.4, 0.5) is 0 Å². The molecule has 1 fully saturated rings. The number of rotatable bonds is 5. The number of aromatic carboxylic acids is 1. The first-order chi connectivity index (χ1) is 10.3. The van der Waals surface area contributed by atoms with Gasteiger partial charge < -0.3 is 10.4 Å². The zero-order valence-electron chi connectivity index (χ0n) is 11.7. The van der Waals surface area contributed by atoms with Crippen LogP contribution >= 0.6 is 11.3 Å². The molecule has 21 heavy (non-hydrogen) atoms. The number of carboxylic acid groups (broad SMARTS) is 1. The quantitative estimate of drug-likeness (QED) is 0.879. The van der Waals surface area contributed by atoms with Gasteiger partial charge in [-0.15, -0.1) is 5.10 Å². The number of piperidine rings is 1. The maximum absolute atomic E-state index is 11.4. The molecule has 0 atom stereocenters. The summed E-state index contributed by atoms with van der Waals surface area (Å²) in [6, 6.07) is 2.09. The van der Waals surface area contributed by atoms with Crippen molar-refractivity contribution < 1.29 is 9.90 Å². The van der Waals surface area contributed by atoms with Gasteiger partial charge in [0.1, 0.15) is 0 Å². The molecular weight excluding hydrogens is 288 g/mol. The Morgan fingerprint density at radius 2 is 2.29 bits per heavy atom. The number of carbonyl (C=O) groups is 1. The lowest BCUT2D eigenvalue weighted by molar-refractivity contribution is 0.0688. The Hall–Kier alpha value is -1.73. The minimum atomic E-state index is -0.981. The monoisotopic (exact) mass is 306 g/mol. The van der Waals surface area contributed by atoms with Gasteiger partial charge >= 0.3 is 5.97 Å². The summed E-state index contributed by atoms with van der Waals surface area (Å²) in [5.74, 6) is -0.750. The molecule has 0 aromatic carbocycles. The van der Waals surface area contributed by atoms with Crippen molar-refractivity contribution in [1.82, 2.24) is 20.3 Å². The summed E-state index contributed by atoms with van der Waals surface area (Å²) in [5.41, 5.74) is 2.16. The number of thiophene rings is 1. The van der Waals surface area contributed by atoms with Gasteiger partial charge in [0.15, 0.2) is 5.69 Å². The summed E-state index contributed by atoms with van der Waals surface area (Å²) in [6.45, 7) is 2.51. The molecule has 7 heteroatoms. The van der Waals surface area contributed by atoms with Gasteiger partial charge in [-0.3, -0.25) is 0 Å². The second-order valence-corrected chi connectivity index (χ2v) is 6.04. The van der Waals surface area contributed by atoms with Crippen LogP contribution in [0, 0.1) is 0 Å². The van der Waals surface area contributed by atoms with Gasteiger partial charge in [-0.1, -0.05) is 5.21 Å². The number of hydrogen-bond acceptors (Lipinski definition) is 5. The summed E-state index contributed by atoms with van der Waals surface area (Å²) in [4.78, 5) is 11.4. The van der Waals surface area contributed by atoms with E-state index in [-0.39, 0.29) is 11.6 Å². The molecule has 0 unspecified atom stereocenters. The van der Waals surface area contributed by atoms with Gasteiger partial charge in [-0.25, -0.2) is 9.48 Å². The molecule has 0 bridgehead atoms. The highest BCUT2D eigenvalue weighted by atomic mass is 32.1. The zero-order chi connectivity index (χ0) is 14.7. The highest BCUT2D eigenvalue weighted by Crippen LogP contribution is 2.27. The lowest BCUT2D eigenvalue weighted by Crippen LogP contribution is -2.29. The standard InChI is InChI=1S/C14H18N4O2S/c19-14(20)12-13(11-1-5-15-6-2-11)18(17-16-12)7-3-10-4-8-21-9-10/h4,8-9,11,15H,1-3,5-7H2,(H,19,20). The van der Waals surface area contributed by atoms with E-state index in [0.29, 0.717) is 6.54 Å². The third kappa shape index (κ3) is 3.14. The Balaban J connectivity index is 1.83. The van der Waals surface area contributed by atoms with Crippen LogP contribution in [0.3, 0.4) is 0 Å². The fraction of sp³-hybridized carbons (Fsp3) is 0.500. The number of aryl methyl sites for hydroxylation is 2. The lowest BCUT2D eigenvalue weighted by Gasteiger charge is -2.23. The molecule has 1 aliphatic rings. The average molecular weight is 306 g/mol. The van der Waals surface area contributed by atoms with E-state index in [1.54, 1.807) is 16.0 Å². The molecule has 0 saturated carbocycles. The van der Waals surface area contributed by atoms with Gasteiger partial charge in [-0.2, -0.15) is 11.3 Å². The largest absolute Gasteiger partial charge is 0.476 e. The van der Waals surface area contributed by atoms with Gasteiger partial charge in [-0.05, 0) is 54.7 Å². The highest BCUT2D eigenvalue weighted by Gasteiger charge is 2.27. The van der Waals surface area contributed by atoms with E-state index in [1.807, 2.05) is 5.38 Å². The minimum absolute atomic E-state index is 0.118. The summed E-state index contributed by atoms with van der Waals surface area (Å²) < 4.78 is 1.79. The molecule has 3 heterocycles. The molecule has 2 aromatic heterocycles. The minimum Gasteiger partial charge on any atom is -0.476 e. The van der Waals surface area contributed by atoms with E-state index in [2.05, 4.69) is 27.1 Å². The van der Waals surface area contributed by atoms with Crippen molar-refractivity contribution in [3.63, 3.8) is 0 Å². The van der Waals surface area contributed by atoms with Crippen LogP contribution in [0.2, 0.25) is 0 Å². The maximum atomic E-state index is 11.4. The van der Waals surface area contributed by atoms with Gasteiger partial charge in [0, 0.05) is 12.5 Å². The first-order valence-corrected chi connectivity index (χ1v) is 8.08. The Morgan fingerprint density at radius 3 is 2.95 bits per heavy atom. The van der Waals surface area contributed by atoms with Crippen molar-refractivity contribution in [2.75, 3.05) is 13.1 Å². The predicted octanol–water partition coefficient (Wildman–Crippen LogP) is 1.75. The van der Waals surface area contributed by atoms with E-state index in [9.17, 15) is 9.90 Å². The van der Waals surface area contributed by atoms with E-state index < -0.39 is 5.97 Å². The Labute approximate surface area is 126 Å². The smallest absolute Gasteiger partial charge is 0.358 e. The first kappa shape index (κ1) is 14.2. The molecule has 0 radical (unpaired) electrons. The van der Waals surface area contributed by atoms with Gasteiger partial charge in [0.2, 0.25) is 0 Å². The van der Waals surface area contributed by atoms with E-state index in [4.69, 9.17) is 0 Å². The summed E-state index contributed by atoms with van der Waals surface area (Å²) >= 11 is 1.67. The topological polar surface area (TPSA) is 80.0 Å². The van der Waals surface area contributed by atoms with Crippen LogP contribution in [-0.2, 0) is 13.0 Å². The second-order valence-electron chi connectivity index (χ2n) is 5.26. The van der Waals surface area contributed by atoms with Crippen molar-refractivity contribution >= 4 is 17.3 Å². The SMILES string of the molecule is O=C(O)c1nnn(CCc2ccsc2)c1C1CCNCC1. The van der Waals surface area contributed by atoms with Crippen molar-refractivity contribution in [1.29, 1.82) is 0 Å². The van der Waals surface area contributed by atoms with Crippen LogP contribution in [0.5, 0.6) is 0 Å². The second kappa shape index (κ2) is 6.36. The average Bonchev–Trinajstić information content (AvgIpc) is 3.15. The fourth-order valence-corrected chi connectivity index (χ4v) is 3.51. The van der Waals surface area contributed by atoms with Crippen LogP contribution in [0.15, 0.2) is 16.8 Å². The summed E-state index contributed by atoms with van der Waals surface area (Å²) in [5, 5.41) is 24.8. The van der Waals surface area contributed by atoms with Gasteiger partial charge in [0.05, 0.1) is 5.69 Å². The Kier molecular flexibility index (Phi) is 4.31. The maximum Gasteiger partial charge on any atom is 0.358 e. The van der Waals surface area contributed by atoms with Crippen LogP contribution in [0.1, 0.15) is 40.5 Å². The Morgan fingerprint density at radius 1 is 1.48 bits per heavy atom.